The van der Waals surface area contributed by atoms with E-state index in [1.807, 2.05) is 11.9 Å². The second-order valence-corrected chi connectivity index (χ2v) is 7.18. The molecule has 2 heterocycles. The molecule has 0 saturated carbocycles. The lowest BCUT2D eigenvalue weighted by molar-refractivity contribution is -0.137. The molecule has 1 aromatic rings. The minimum Gasteiger partial charge on any atom is -0.342 e. The molecule has 2 fully saturated rings. The minimum absolute atomic E-state index is 0.169. The highest BCUT2D eigenvalue weighted by Gasteiger charge is 2.34. The fraction of sp³-hybridized carbons (Fsp3) is 0.632. The van der Waals surface area contributed by atoms with Crippen LogP contribution in [0, 0.1) is 11.8 Å². The highest BCUT2D eigenvalue weighted by atomic mass is 16.2. The number of hydrogen-bond donors (Lipinski definition) is 1. The van der Waals surface area contributed by atoms with E-state index in [0.29, 0.717) is 17.9 Å². The summed E-state index contributed by atoms with van der Waals surface area (Å²) in [7, 11) is 2.00. The summed E-state index contributed by atoms with van der Waals surface area (Å²) in [6, 6.07) is 11.1. The van der Waals surface area contributed by atoms with E-state index in [0.717, 1.165) is 45.6 Å². The summed E-state index contributed by atoms with van der Waals surface area (Å²) < 4.78 is 0. The standard InChI is InChI=1S/C19H29N3O/c1-15-12-20-13-18(15)19(23)21(2)17-8-10-22(11-9-17)14-16-6-4-3-5-7-16/h3-7,15,17-18,20H,8-14H2,1-2H3/t15-,18-/m1/s1. The van der Waals surface area contributed by atoms with Crippen LogP contribution in [0.25, 0.3) is 0 Å². The molecule has 2 aliphatic rings. The van der Waals surface area contributed by atoms with Crippen LogP contribution >= 0.6 is 0 Å². The van der Waals surface area contributed by atoms with Crippen molar-refractivity contribution in [3.8, 4) is 0 Å². The number of likely N-dealkylation sites (tertiary alicyclic amines) is 1. The molecule has 4 heteroatoms. The normalized spacial score (nSPS) is 26.3. The summed E-state index contributed by atoms with van der Waals surface area (Å²) in [6.07, 6.45) is 2.17. The fourth-order valence-electron chi connectivity index (χ4n) is 3.89. The first-order valence-corrected chi connectivity index (χ1v) is 8.89. The van der Waals surface area contributed by atoms with E-state index >= 15 is 0 Å². The Labute approximate surface area is 139 Å². The number of amides is 1. The molecule has 0 unspecified atom stereocenters. The number of nitrogens with one attached hydrogen (secondary N) is 1. The predicted molar refractivity (Wildman–Crippen MR) is 93.0 cm³/mol. The lowest BCUT2D eigenvalue weighted by atomic mass is 9.94. The van der Waals surface area contributed by atoms with Crippen LogP contribution in [0.3, 0.4) is 0 Å². The van der Waals surface area contributed by atoms with Gasteiger partial charge in [-0.15, -0.1) is 0 Å². The van der Waals surface area contributed by atoms with Crippen molar-refractivity contribution in [3.05, 3.63) is 35.9 Å². The van der Waals surface area contributed by atoms with Gasteiger partial charge in [0.1, 0.15) is 0 Å². The van der Waals surface area contributed by atoms with Gasteiger partial charge in [0.05, 0.1) is 5.92 Å². The van der Waals surface area contributed by atoms with Crippen molar-refractivity contribution in [2.75, 3.05) is 33.2 Å². The Hall–Kier alpha value is -1.39. The van der Waals surface area contributed by atoms with Gasteiger partial charge < -0.3 is 10.2 Å². The molecule has 0 aromatic heterocycles. The average molecular weight is 315 g/mol. The van der Waals surface area contributed by atoms with Gasteiger partial charge >= 0.3 is 0 Å². The molecule has 4 nitrogen and oxygen atoms in total. The van der Waals surface area contributed by atoms with Crippen molar-refractivity contribution in [3.63, 3.8) is 0 Å². The Balaban J connectivity index is 1.49. The smallest absolute Gasteiger partial charge is 0.227 e. The average Bonchev–Trinajstić information content (AvgIpc) is 3.01. The molecule has 2 aliphatic heterocycles. The van der Waals surface area contributed by atoms with Crippen molar-refractivity contribution in [2.24, 2.45) is 11.8 Å². The monoisotopic (exact) mass is 315 g/mol. The van der Waals surface area contributed by atoms with Crippen LogP contribution in [0.4, 0.5) is 0 Å². The van der Waals surface area contributed by atoms with Crippen molar-refractivity contribution in [2.45, 2.75) is 32.4 Å². The van der Waals surface area contributed by atoms with Crippen LogP contribution < -0.4 is 5.32 Å². The lowest BCUT2D eigenvalue weighted by Gasteiger charge is -2.38. The molecular weight excluding hydrogens is 286 g/mol. The number of carbonyl (C=O) groups excluding carboxylic acids is 1. The van der Waals surface area contributed by atoms with Crippen LogP contribution in [0.2, 0.25) is 0 Å². The summed E-state index contributed by atoms with van der Waals surface area (Å²) in [5.74, 6) is 0.967. The highest BCUT2D eigenvalue weighted by Crippen LogP contribution is 2.23. The van der Waals surface area contributed by atoms with E-state index in [9.17, 15) is 4.79 Å². The second-order valence-electron chi connectivity index (χ2n) is 7.18. The van der Waals surface area contributed by atoms with E-state index in [2.05, 4.69) is 47.5 Å². The maximum atomic E-state index is 12.7. The summed E-state index contributed by atoms with van der Waals surface area (Å²) in [6.45, 7) is 7.18. The van der Waals surface area contributed by atoms with Gasteiger partial charge in [0.25, 0.3) is 0 Å². The quantitative estimate of drug-likeness (QED) is 0.923. The maximum Gasteiger partial charge on any atom is 0.227 e. The zero-order valence-corrected chi connectivity index (χ0v) is 14.4. The lowest BCUT2D eigenvalue weighted by Crippen LogP contribution is -2.48. The molecule has 0 radical (unpaired) electrons. The van der Waals surface area contributed by atoms with Crippen LogP contribution in [0.5, 0.6) is 0 Å². The summed E-state index contributed by atoms with van der Waals surface area (Å²) in [5.41, 5.74) is 1.38. The third-order valence-electron chi connectivity index (χ3n) is 5.54. The Bertz CT molecular complexity index is 511. The van der Waals surface area contributed by atoms with Gasteiger partial charge in [0.2, 0.25) is 5.91 Å². The molecule has 3 rings (SSSR count). The zero-order chi connectivity index (χ0) is 16.2. The molecule has 0 bridgehead atoms. The van der Waals surface area contributed by atoms with Gasteiger partial charge in [-0.05, 0) is 30.9 Å². The largest absolute Gasteiger partial charge is 0.342 e. The van der Waals surface area contributed by atoms with Crippen molar-refractivity contribution >= 4 is 5.91 Å². The predicted octanol–water partition coefficient (Wildman–Crippen LogP) is 1.96. The number of rotatable bonds is 4. The Morgan fingerprint density at radius 2 is 1.91 bits per heavy atom. The first-order chi connectivity index (χ1) is 11.1. The Morgan fingerprint density at radius 3 is 2.52 bits per heavy atom. The van der Waals surface area contributed by atoms with Crippen LogP contribution in [0.1, 0.15) is 25.3 Å². The van der Waals surface area contributed by atoms with E-state index in [1.54, 1.807) is 0 Å². The van der Waals surface area contributed by atoms with Crippen LogP contribution in [0.15, 0.2) is 30.3 Å². The van der Waals surface area contributed by atoms with E-state index < -0.39 is 0 Å². The zero-order valence-electron chi connectivity index (χ0n) is 14.4. The van der Waals surface area contributed by atoms with Gasteiger partial charge in [-0.1, -0.05) is 37.3 Å². The molecule has 0 aliphatic carbocycles. The van der Waals surface area contributed by atoms with E-state index in [4.69, 9.17) is 0 Å². The van der Waals surface area contributed by atoms with Gasteiger partial charge in [0, 0.05) is 39.3 Å². The Morgan fingerprint density at radius 1 is 1.22 bits per heavy atom. The summed E-state index contributed by atoms with van der Waals surface area (Å²) >= 11 is 0. The highest BCUT2D eigenvalue weighted by molar-refractivity contribution is 5.79. The van der Waals surface area contributed by atoms with Gasteiger partial charge in [-0.25, -0.2) is 0 Å². The molecule has 126 valence electrons. The third kappa shape index (κ3) is 3.93. The molecular formula is C19H29N3O. The SMILES string of the molecule is C[C@@H]1CNC[C@H]1C(=O)N(C)C1CCN(Cc2ccccc2)CC1. The first kappa shape index (κ1) is 16.5. The van der Waals surface area contributed by atoms with Crippen molar-refractivity contribution in [1.82, 2.24) is 15.1 Å². The maximum absolute atomic E-state index is 12.7. The third-order valence-corrected chi connectivity index (χ3v) is 5.54. The molecule has 1 aromatic carbocycles. The first-order valence-electron chi connectivity index (χ1n) is 8.89. The fourth-order valence-corrected chi connectivity index (χ4v) is 3.89. The number of piperidine rings is 1. The Kier molecular flexibility index (Phi) is 5.34. The molecule has 1 amide bonds. The second kappa shape index (κ2) is 7.45. The molecule has 2 atom stereocenters. The van der Waals surface area contributed by atoms with Gasteiger partial charge in [-0.3, -0.25) is 9.69 Å². The van der Waals surface area contributed by atoms with Crippen molar-refractivity contribution in [1.29, 1.82) is 0 Å². The minimum atomic E-state index is 0.169. The number of benzene rings is 1. The van der Waals surface area contributed by atoms with Gasteiger partial charge in [0.15, 0.2) is 0 Å². The molecule has 23 heavy (non-hydrogen) atoms. The molecule has 2 saturated heterocycles. The number of carbonyl (C=O) groups is 1. The molecule has 1 N–H and O–H groups in total. The topological polar surface area (TPSA) is 35.6 Å². The number of hydrogen-bond acceptors (Lipinski definition) is 3. The summed E-state index contributed by atoms with van der Waals surface area (Å²) in [4.78, 5) is 17.2. The van der Waals surface area contributed by atoms with Crippen molar-refractivity contribution < 1.29 is 4.79 Å². The van der Waals surface area contributed by atoms with Crippen LogP contribution in [-0.2, 0) is 11.3 Å². The summed E-state index contributed by atoms with van der Waals surface area (Å²) in [5, 5.41) is 3.34. The number of nitrogens with zero attached hydrogens (tertiary/aromatic N) is 2. The molecule has 0 spiro atoms. The van der Waals surface area contributed by atoms with Crippen LogP contribution in [-0.4, -0.2) is 55.0 Å². The van der Waals surface area contributed by atoms with E-state index in [-0.39, 0.29) is 5.92 Å². The van der Waals surface area contributed by atoms with E-state index in [1.165, 1.54) is 5.56 Å². The van der Waals surface area contributed by atoms with Gasteiger partial charge in [-0.2, -0.15) is 0 Å².